The van der Waals surface area contributed by atoms with E-state index in [1.165, 1.54) is 0 Å². The topological polar surface area (TPSA) is 51.7 Å². The van der Waals surface area contributed by atoms with Crippen molar-refractivity contribution < 1.29 is 14.3 Å². The van der Waals surface area contributed by atoms with Crippen LogP contribution in [0.25, 0.3) is 10.6 Å². The minimum Gasteiger partial charge on any atom is -0.497 e. The summed E-state index contributed by atoms with van der Waals surface area (Å²) in [6, 6.07) is 7.92. The van der Waals surface area contributed by atoms with Crippen molar-refractivity contribution in [3.63, 3.8) is 0 Å². The largest absolute Gasteiger partial charge is 0.497 e. The van der Waals surface area contributed by atoms with Crippen molar-refractivity contribution >= 4 is 17.2 Å². The van der Waals surface area contributed by atoms with Gasteiger partial charge in [-0.2, -0.15) is 0 Å². The molecule has 122 valence electrons. The van der Waals surface area contributed by atoms with Gasteiger partial charge in [0.2, 0.25) is 5.91 Å². The molecule has 6 heteroatoms. The first-order valence-electron chi connectivity index (χ1n) is 7.63. The van der Waals surface area contributed by atoms with E-state index in [1.807, 2.05) is 41.5 Å². The highest BCUT2D eigenvalue weighted by Gasteiger charge is 2.24. The van der Waals surface area contributed by atoms with Gasteiger partial charge in [-0.3, -0.25) is 4.79 Å². The van der Waals surface area contributed by atoms with E-state index in [2.05, 4.69) is 4.98 Å². The van der Waals surface area contributed by atoms with Crippen LogP contribution in [0.5, 0.6) is 5.75 Å². The van der Waals surface area contributed by atoms with Crippen molar-refractivity contribution in [1.82, 2.24) is 9.88 Å². The Morgan fingerprint density at radius 1 is 1.43 bits per heavy atom. The second-order valence-electron chi connectivity index (χ2n) is 5.56. The van der Waals surface area contributed by atoms with Gasteiger partial charge in [0.05, 0.1) is 38.5 Å². The van der Waals surface area contributed by atoms with E-state index in [4.69, 9.17) is 9.47 Å². The average molecular weight is 332 g/mol. The van der Waals surface area contributed by atoms with E-state index >= 15 is 0 Å². The summed E-state index contributed by atoms with van der Waals surface area (Å²) in [6.07, 6.45) is 0.344. The van der Waals surface area contributed by atoms with Crippen LogP contribution in [0.15, 0.2) is 29.6 Å². The van der Waals surface area contributed by atoms with Crippen molar-refractivity contribution in [3.8, 4) is 16.3 Å². The number of amides is 1. The molecular formula is C17H20N2O3S. The molecule has 1 aromatic heterocycles. The van der Waals surface area contributed by atoms with Crippen LogP contribution in [0.2, 0.25) is 0 Å². The molecule has 1 saturated heterocycles. The number of methoxy groups -OCH3 is 1. The van der Waals surface area contributed by atoms with Crippen LogP contribution < -0.4 is 4.74 Å². The number of thiazole rings is 1. The fraction of sp³-hybridized carbons (Fsp3) is 0.412. The lowest BCUT2D eigenvalue weighted by molar-refractivity contribution is -0.138. The van der Waals surface area contributed by atoms with Gasteiger partial charge in [0.1, 0.15) is 10.8 Å². The Kier molecular flexibility index (Phi) is 4.93. The van der Waals surface area contributed by atoms with Gasteiger partial charge < -0.3 is 14.4 Å². The van der Waals surface area contributed by atoms with Gasteiger partial charge in [-0.1, -0.05) is 0 Å². The molecule has 1 aromatic carbocycles. The fourth-order valence-electron chi connectivity index (χ4n) is 2.61. The monoisotopic (exact) mass is 332 g/mol. The predicted octanol–water partition coefficient (Wildman–Crippen LogP) is 2.61. The molecule has 2 heterocycles. The molecule has 5 nitrogen and oxygen atoms in total. The molecule has 0 N–H and O–H groups in total. The first kappa shape index (κ1) is 16.0. The Labute approximate surface area is 139 Å². The molecule has 1 atom stereocenters. The Hall–Kier alpha value is -1.92. The zero-order valence-electron chi connectivity index (χ0n) is 13.3. The van der Waals surface area contributed by atoms with Gasteiger partial charge in [0, 0.05) is 17.5 Å². The molecule has 0 bridgehead atoms. The quantitative estimate of drug-likeness (QED) is 0.864. The van der Waals surface area contributed by atoms with Crippen LogP contribution >= 0.6 is 11.3 Å². The minimum absolute atomic E-state index is 0.118. The number of hydrogen-bond donors (Lipinski definition) is 0. The molecule has 0 radical (unpaired) electrons. The van der Waals surface area contributed by atoms with Crippen molar-refractivity contribution in [3.05, 3.63) is 35.3 Å². The maximum absolute atomic E-state index is 12.4. The number of rotatable bonds is 4. The zero-order valence-corrected chi connectivity index (χ0v) is 14.1. The number of aromatic nitrogens is 1. The van der Waals surface area contributed by atoms with Crippen molar-refractivity contribution in [2.24, 2.45) is 0 Å². The molecule has 23 heavy (non-hydrogen) atoms. The van der Waals surface area contributed by atoms with Gasteiger partial charge >= 0.3 is 0 Å². The first-order valence-corrected chi connectivity index (χ1v) is 8.51. The lowest BCUT2D eigenvalue weighted by atomic mass is 10.2. The first-order chi connectivity index (χ1) is 11.2. The summed E-state index contributed by atoms with van der Waals surface area (Å²) in [5.74, 6) is 0.939. The molecule has 0 aliphatic carbocycles. The van der Waals surface area contributed by atoms with E-state index in [-0.39, 0.29) is 11.9 Å². The standard InChI is InChI=1S/C17H20N2O3S/c1-12-10-22-8-7-19(12)16(20)9-14-11-23-17(18-14)13-3-5-15(21-2)6-4-13/h3-6,11-12H,7-10H2,1-2H3. The van der Waals surface area contributed by atoms with Gasteiger partial charge in [0.25, 0.3) is 0 Å². The lowest BCUT2D eigenvalue weighted by Gasteiger charge is -2.33. The van der Waals surface area contributed by atoms with Crippen molar-refractivity contribution in [2.45, 2.75) is 19.4 Å². The van der Waals surface area contributed by atoms with Crippen LogP contribution in [-0.4, -0.2) is 48.7 Å². The van der Waals surface area contributed by atoms with E-state index in [1.54, 1.807) is 18.4 Å². The summed E-state index contributed by atoms with van der Waals surface area (Å²) in [7, 11) is 1.65. The zero-order chi connectivity index (χ0) is 16.2. The highest BCUT2D eigenvalue weighted by atomic mass is 32.1. The number of carbonyl (C=O) groups excluding carboxylic acids is 1. The van der Waals surface area contributed by atoms with Gasteiger partial charge in [-0.05, 0) is 31.2 Å². The molecule has 0 spiro atoms. The van der Waals surface area contributed by atoms with Gasteiger partial charge in [-0.25, -0.2) is 4.98 Å². The number of ether oxygens (including phenoxy) is 2. The smallest absolute Gasteiger partial charge is 0.229 e. The van der Waals surface area contributed by atoms with E-state index in [0.29, 0.717) is 26.2 Å². The minimum atomic E-state index is 0.118. The number of benzene rings is 1. The van der Waals surface area contributed by atoms with Crippen LogP contribution in [0.1, 0.15) is 12.6 Å². The lowest BCUT2D eigenvalue weighted by Crippen LogP contribution is -2.47. The molecule has 2 aromatic rings. The number of carbonyl (C=O) groups is 1. The fourth-order valence-corrected chi connectivity index (χ4v) is 3.43. The molecular weight excluding hydrogens is 312 g/mol. The second-order valence-corrected chi connectivity index (χ2v) is 6.42. The molecule has 1 fully saturated rings. The van der Waals surface area contributed by atoms with Crippen LogP contribution in [0.4, 0.5) is 0 Å². The van der Waals surface area contributed by atoms with Gasteiger partial charge in [0.15, 0.2) is 0 Å². The summed E-state index contributed by atoms with van der Waals surface area (Å²) in [4.78, 5) is 18.9. The normalized spacial score (nSPS) is 18.0. The van der Waals surface area contributed by atoms with Crippen molar-refractivity contribution in [1.29, 1.82) is 0 Å². The van der Waals surface area contributed by atoms with Crippen LogP contribution in [-0.2, 0) is 16.0 Å². The summed E-state index contributed by atoms with van der Waals surface area (Å²) >= 11 is 1.56. The average Bonchev–Trinajstić information content (AvgIpc) is 3.03. The van der Waals surface area contributed by atoms with E-state index in [9.17, 15) is 4.79 Å². The Balaban J connectivity index is 1.67. The molecule has 1 amide bonds. The third kappa shape index (κ3) is 3.71. The Bertz CT molecular complexity index is 669. The summed E-state index contributed by atoms with van der Waals surface area (Å²) in [5.41, 5.74) is 1.86. The predicted molar refractivity (Wildman–Crippen MR) is 89.8 cm³/mol. The third-order valence-electron chi connectivity index (χ3n) is 3.91. The highest BCUT2D eigenvalue weighted by molar-refractivity contribution is 7.13. The van der Waals surface area contributed by atoms with E-state index < -0.39 is 0 Å². The second kappa shape index (κ2) is 7.10. The summed E-state index contributed by atoms with van der Waals surface area (Å²) in [5, 5.41) is 2.88. The molecule has 1 aliphatic rings. The molecule has 1 aliphatic heterocycles. The maximum Gasteiger partial charge on any atom is 0.229 e. The number of hydrogen-bond acceptors (Lipinski definition) is 5. The summed E-state index contributed by atoms with van der Waals surface area (Å²) in [6.45, 7) is 3.90. The number of morpholine rings is 1. The maximum atomic E-state index is 12.4. The molecule has 0 saturated carbocycles. The molecule has 1 unspecified atom stereocenters. The Morgan fingerprint density at radius 2 is 2.22 bits per heavy atom. The molecule has 3 rings (SSSR count). The number of nitrogens with zero attached hydrogens (tertiary/aromatic N) is 2. The Morgan fingerprint density at radius 3 is 2.91 bits per heavy atom. The van der Waals surface area contributed by atoms with Gasteiger partial charge in [-0.15, -0.1) is 11.3 Å². The van der Waals surface area contributed by atoms with Crippen LogP contribution in [0.3, 0.4) is 0 Å². The van der Waals surface area contributed by atoms with E-state index in [0.717, 1.165) is 22.0 Å². The van der Waals surface area contributed by atoms with Crippen molar-refractivity contribution in [2.75, 3.05) is 26.9 Å². The van der Waals surface area contributed by atoms with Crippen LogP contribution in [0, 0.1) is 0 Å². The summed E-state index contributed by atoms with van der Waals surface area (Å²) < 4.78 is 10.5. The SMILES string of the molecule is COc1ccc(-c2nc(CC(=O)N3CCOCC3C)cs2)cc1. The highest BCUT2D eigenvalue weighted by Crippen LogP contribution is 2.26. The third-order valence-corrected chi connectivity index (χ3v) is 4.85.